The fraction of sp³-hybridized carbons (Fsp3) is 0.417. The van der Waals surface area contributed by atoms with Gasteiger partial charge in [0.25, 0.3) is 0 Å². The monoisotopic (exact) mass is 461 g/mol. The predicted molar refractivity (Wildman–Crippen MR) is 125 cm³/mol. The highest BCUT2D eigenvalue weighted by molar-refractivity contribution is 6.02. The van der Waals surface area contributed by atoms with Crippen molar-refractivity contribution in [3.8, 4) is 5.75 Å². The van der Waals surface area contributed by atoms with Crippen molar-refractivity contribution in [2.45, 2.75) is 17.4 Å². The summed E-state index contributed by atoms with van der Waals surface area (Å²) < 4.78 is 13.8. The van der Waals surface area contributed by atoms with Gasteiger partial charge >= 0.3 is 6.03 Å². The van der Waals surface area contributed by atoms with E-state index < -0.39 is 5.60 Å². The summed E-state index contributed by atoms with van der Waals surface area (Å²) in [5.41, 5.74) is 1.26. The maximum Gasteiger partial charge on any atom is 0.327 e. The Hall–Kier alpha value is -3.50. The lowest BCUT2D eigenvalue weighted by Gasteiger charge is -2.52. The molecule has 1 spiro atoms. The van der Waals surface area contributed by atoms with Crippen LogP contribution < -0.4 is 15.0 Å². The van der Waals surface area contributed by atoms with Crippen molar-refractivity contribution < 1.29 is 14.3 Å². The third-order valence-corrected chi connectivity index (χ3v) is 6.93. The number of ether oxygens (including phenoxy) is 2. The van der Waals surface area contributed by atoms with Crippen molar-refractivity contribution in [2.75, 3.05) is 50.1 Å². The van der Waals surface area contributed by atoms with Crippen molar-refractivity contribution in [1.29, 1.82) is 0 Å². The fourth-order valence-corrected chi connectivity index (χ4v) is 5.17. The average molecular weight is 462 g/mol. The van der Waals surface area contributed by atoms with Crippen LogP contribution in [0.3, 0.4) is 0 Å². The lowest BCUT2D eigenvalue weighted by molar-refractivity contribution is -0.0623. The van der Waals surface area contributed by atoms with Crippen LogP contribution in [-0.4, -0.2) is 76.2 Å². The first-order valence-corrected chi connectivity index (χ1v) is 11.4. The molecule has 0 unspecified atom stereocenters. The molecule has 176 valence electrons. The number of hydrogen-bond donors (Lipinski definition) is 1. The smallest absolute Gasteiger partial charge is 0.327 e. The van der Waals surface area contributed by atoms with E-state index in [0.29, 0.717) is 31.3 Å². The molecule has 0 atom stereocenters. The minimum absolute atomic E-state index is 0.185. The van der Waals surface area contributed by atoms with E-state index in [2.05, 4.69) is 31.5 Å². The van der Waals surface area contributed by atoms with Crippen LogP contribution in [0.25, 0.3) is 0 Å². The predicted octanol–water partition coefficient (Wildman–Crippen LogP) is 1.84. The first-order valence-electron chi connectivity index (χ1n) is 11.4. The zero-order valence-electron chi connectivity index (χ0n) is 19.3. The number of carbonyl (C=O) groups is 1. The molecule has 3 aliphatic heterocycles. The second kappa shape index (κ2) is 7.78. The lowest BCUT2D eigenvalue weighted by atomic mass is 9.75. The molecule has 10 nitrogen and oxygen atoms in total. The molecule has 1 aromatic carbocycles. The fourth-order valence-electron chi connectivity index (χ4n) is 5.17. The van der Waals surface area contributed by atoms with Crippen molar-refractivity contribution in [3.63, 3.8) is 0 Å². The Morgan fingerprint density at radius 1 is 1.15 bits per heavy atom. The third-order valence-electron chi connectivity index (χ3n) is 6.93. The molecule has 0 aliphatic carbocycles. The SMILES string of the molecule is CN1CC2(C1)CN(C(=O)Nc1cccc(C3(Cc4nncn4C)COC3)c1)c1ncccc1O2. The zero-order valence-corrected chi connectivity index (χ0v) is 19.3. The summed E-state index contributed by atoms with van der Waals surface area (Å²) in [5.74, 6) is 2.09. The Balaban J connectivity index is 1.24. The largest absolute Gasteiger partial charge is 0.479 e. The van der Waals surface area contributed by atoms with Crippen molar-refractivity contribution in [3.05, 3.63) is 60.3 Å². The molecule has 0 radical (unpaired) electrons. The second-order valence-electron chi connectivity index (χ2n) is 9.69. The van der Waals surface area contributed by atoms with E-state index in [1.54, 1.807) is 17.4 Å². The number of rotatable bonds is 4. The maximum atomic E-state index is 13.4. The summed E-state index contributed by atoms with van der Waals surface area (Å²) in [4.78, 5) is 21.7. The van der Waals surface area contributed by atoms with E-state index in [1.807, 2.05) is 49.0 Å². The first-order chi connectivity index (χ1) is 16.5. The Morgan fingerprint density at radius 3 is 2.71 bits per heavy atom. The van der Waals surface area contributed by atoms with Gasteiger partial charge in [-0.2, -0.15) is 0 Å². The number of carbonyl (C=O) groups excluding carboxylic acids is 1. The Morgan fingerprint density at radius 2 is 2.00 bits per heavy atom. The average Bonchev–Trinajstić information content (AvgIpc) is 3.19. The lowest BCUT2D eigenvalue weighted by Crippen LogP contribution is -2.70. The van der Waals surface area contributed by atoms with Crippen molar-refractivity contribution in [2.24, 2.45) is 7.05 Å². The number of aryl methyl sites for hydroxylation is 1. The second-order valence-corrected chi connectivity index (χ2v) is 9.69. The number of aromatic nitrogens is 4. The maximum absolute atomic E-state index is 13.4. The number of nitrogens with zero attached hydrogens (tertiary/aromatic N) is 6. The molecule has 34 heavy (non-hydrogen) atoms. The number of likely N-dealkylation sites (N-methyl/N-ethyl adjacent to an activating group) is 1. The minimum Gasteiger partial charge on any atom is -0.479 e. The number of urea groups is 1. The van der Waals surface area contributed by atoms with Crippen molar-refractivity contribution in [1.82, 2.24) is 24.6 Å². The number of fused-ring (bicyclic) bond motifs is 1. The van der Waals surface area contributed by atoms with Crippen LogP contribution in [0.2, 0.25) is 0 Å². The number of amides is 2. The number of pyridine rings is 1. The van der Waals surface area contributed by atoms with Crippen LogP contribution in [0.5, 0.6) is 5.75 Å². The number of anilines is 2. The molecule has 0 bridgehead atoms. The Labute approximate surface area is 197 Å². The van der Waals surface area contributed by atoms with Crippen LogP contribution in [0, 0.1) is 0 Å². The van der Waals surface area contributed by atoms with Gasteiger partial charge < -0.3 is 19.4 Å². The Bertz CT molecular complexity index is 1230. The van der Waals surface area contributed by atoms with Gasteiger partial charge in [0.05, 0.1) is 19.8 Å². The van der Waals surface area contributed by atoms with E-state index in [-0.39, 0.29) is 11.4 Å². The molecule has 2 aromatic heterocycles. The van der Waals surface area contributed by atoms with E-state index in [9.17, 15) is 4.79 Å². The highest BCUT2D eigenvalue weighted by atomic mass is 16.5. The standard InChI is InChI=1S/C24H27N7O3/c1-29-11-24(12-29)13-31(21-19(34-24)7-4-8-25-21)22(32)27-18-6-3-5-17(9-18)23(14-33-15-23)10-20-28-26-16-30(20)2/h3-9,16H,10-15H2,1-2H3,(H,27,32). The quantitative estimate of drug-likeness (QED) is 0.633. The van der Waals surface area contributed by atoms with Gasteiger partial charge in [-0.05, 0) is 36.9 Å². The number of nitrogens with one attached hydrogen (secondary N) is 1. The normalized spacial score (nSPS) is 20.1. The molecule has 3 aliphatic rings. The summed E-state index contributed by atoms with van der Waals surface area (Å²) in [7, 11) is 3.99. The minimum atomic E-state index is -0.395. The molecule has 2 amide bonds. The molecule has 2 saturated heterocycles. The summed E-state index contributed by atoms with van der Waals surface area (Å²) in [6.45, 7) is 3.20. The molecule has 5 heterocycles. The van der Waals surface area contributed by atoms with Crippen LogP contribution >= 0.6 is 0 Å². The summed E-state index contributed by atoms with van der Waals surface area (Å²) >= 11 is 0. The molecule has 3 aromatic rings. The molecule has 0 saturated carbocycles. The van der Waals surface area contributed by atoms with E-state index in [0.717, 1.165) is 36.6 Å². The molecular formula is C24H27N7O3. The summed E-state index contributed by atoms with van der Waals surface area (Å²) in [6, 6.07) is 11.5. The van der Waals surface area contributed by atoms with Crippen LogP contribution in [-0.2, 0) is 23.6 Å². The van der Waals surface area contributed by atoms with E-state index in [1.165, 1.54) is 0 Å². The van der Waals surface area contributed by atoms with Gasteiger partial charge in [0.2, 0.25) is 0 Å². The summed E-state index contributed by atoms with van der Waals surface area (Å²) in [5, 5.41) is 11.3. The van der Waals surface area contributed by atoms with E-state index in [4.69, 9.17) is 9.47 Å². The topological polar surface area (TPSA) is 97.6 Å². The van der Waals surface area contributed by atoms with Crippen molar-refractivity contribution >= 4 is 17.5 Å². The van der Waals surface area contributed by atoms with Gasteiger partial charge in [-0.25, -0.2) is 9.78 Å². The molecular weight excluding hydrogens is 434 g/mol. The third kappa shape index (κ3) is 3.50. The molecule has 1 N–H and O–H groups in total. The van der Waals surface area contributed by atoms with Crippen LogP contribution in [0.15, 0.2) is 48.9 Å². The molecule has 10 heteroatoms. The van der Waals surface area contributed by atoms with Gasteiger partial charge in [0, 0.05) is 43.9 Å². The van der Waals surface area contributed by atoms with Gasteiger partial charge in [-0.3, -0.25) is 9.80 Å². The number of benzene rings is 1. The first kappa shape index (κ1) is 21.1. The van der Waals surface area contributed by atoms with Gasteiger partial charge in [0.1, 0.15) is 12.2 Å². The summed E-state index contributed by atoms with van der Waals surface area (Å²) in [6.07, 6.45) is 4.11. The van der Waals surface area contributed by atoms with Crippen LogP contribution in [0.4, 0.5) is 16.3 Å². The zero-order chi connectivity index (χ0) is 23.3. The molecule has 2 fully saturated rings. The highest BCUT2D eigenvalue weighted by Gasteiger charge is 2.50. The van der Waals surface area contributed by atoms with Gasteiger partial charge in [-0.15, -0.1) is 10.2 Å². The molecule has 6 rings (SSSR count). The number of hydrogen-bond acceptors (Lipinski definition) is 7. The Kier molecular flexibility index (Phi) is 4.82. The van der Waals surface area contributed by atoms with Gasteiger partial charge in [0.15, 0.2) is 17.2 Å². The van der Waals surface area contributed by atoms with Crippen LogP contribution in [0.1, 0.15) is 11.4 Å². The van der Waals surface area contributed by atoms with Gasteiger partial charge in [-0.1, -0.05) is 12.1 Å². The number of likely N-dealkylation sites (tertiary alicyclic amines) is 1. The van der Waals surface area contributed by atoms with E-state index >= 15 is 0 Å². The highest BCUT2D eigenvalue weighted by Crippen LogP contribution is 2.40.